The van der Waals surface area contributed by atoms with Gasteiger partial charge in [-0.3, -0.25) is 4.79 Å². The minimum absolute atomic E-state index is 0.262. The molecule has 6 nitrogen and oxygen atoms in total. The maximum atomic E-state index is 12.1. The Morgan fingerprint density at radius 1 is 1.22 bits per heavy atom. The number of benzene rings is 2. The lowest BCUT2D eigenvalue weighted by Crippen LogP contribution is -2.29. The first-order valence-electron chi connectivity index (χ1n) is 7.92. The normalized spacial score (nSPS) is 12.3. The standard InChI is InChI=1S/C19H14Cl2N2O4/c1-11(19(25)23-14-7-6-12(20)10-13(14)21)26-18(24)9-8-17-22-15-4-2-3-5-16(15)27-17/h2-11H,1H3,(H,23,25)/b9-8+/t11-/m0/s1. The van der Waals surface area contributed by atoms with Crippen LogP contribution in [-0.2, 0) is 14.3 Å². The molecule has 8 heteroatoms. The van der Waals surface area contributed by atoms with Crippen molar-refractivity contribution in [2.75, 3.05) is 5.32 Å². The molecule has 138 valence electrons. The predicted octanol–water partition coefficient (Wildman–Crippen LogP) is 4.72. The second-order valence-corrected chi connectivity index (χ2v) is 6.39. The lowest BCUT2D eigenvalue weighted by atomic mass is 10.3. The molecule has 3 rings (SSSR count). The highest BCUT2D eigenvalue weighted by molar-refractivity contribution is 6.36. The number of halogens is 2. The van der Waals surface area contributed by atoms with Crippen LogP contribution >= 0.6 is 23.2 Å². The van der Waals surface area contributed by atoms with Crippen LogP contribution in [0.2, 0.25) is 10.0 Å². The van der Waals surface area contributed by atoms with Crippen molar-refractivity contribution in [3.63, 3.8) is 0 Å². The molecule has 0 aliphatic heterocycles. The van der Waals surface area contributed by atoms with E-state index in [1.54, 1.807) is 24.3 Å². The van der Waals surface area contributed by atoms with Crippen LogP contribution in [0.15, 0.2) is 53.0 Å². The second-order valence-electron chi connectivity index (χ2n) is 5.55. The summed E-state index contributed by atoms with van der Waals surface area (Å²) in [6, 6.07) is 11.9. The van der Waals surface area contributed by atoms with Crippen molar-refractivity contribution >= 4 is 57.9 Å². The maximum Gasteiger partial charge on any atom is 0.331 e. The summed E-state index contributed by atoms with van der Waals surface area (Å²) < 4.78 is 10.5. The topological polar surface area (TPSA) is 81.4 Å². The van der Waals surface area contributed by atoms with Gasteiger partial charge in [-0.05, 0) is 37.3 Å². The van der Waals surface area contributed by atoms with Gasteiger partial charge in [0.25, 0.3) is 5.91 Å². The number of nitrogens with zero attached hydrogens (tertiary/aromatic N) is 1. The molecule has 1 amide bonds. The number of hydrogen-bond acceptors (Lipinski definition) is 5. The molecule has 2 aromatic carbocycles. The predicted molar refractivity (Wildman–Crippen MR) is 104 cm³/mol. The quantitative estimate of drug-likeness (QED) is 0.491. The van der Waals surface area contributed by atoms with E-state index in [4.69, 9.17) is 32.4 Å². The van der Waals surface area contributed by atoms with Gasteiger partial charge < -0.3 is 14.5 Å². The Hall–Kier alpha value is -2.83. The van der Waals surface area contributed by atoms with Gasteiger partial charge in [0.1, 0.15) is 5.52 Å². The smallest absolute Gasteiger partial charge is 0.331 e. The molecule has 0 aliphatic carbocycles. The van der Waals surface area contributed by atoms with Gasteiger partial charge in [0.2, 0.25) is 5.89 Å². The van der Waals surface area contributed by atoms with Crippen LogP contribution in [-0.4, -0.2) is 23.0 Å². The molecule has 27 heavy (non-hydrogen) atoms. The number of fused-ring (bicyclic) bond motifs is 1. The molecule has 0 saturated carbocycles. The zero-order chi connectivity index (χ0) is 19.4. The third kappa shape index (κ3) is 4.87. The van der Waals surface area contributed by atoms with Crippen molar-refractivity contribution in [1.82, 2.24) is 4.98 Å². The molecule has 1 atom stereocenters. The minimum atomic E-state index is -1.03. The summed E-state index contributed by atoms with van der Waals surface area (Å²) in [6.45, 7) is 1.45. The van der Waals surface area contributed by atoms with Crippen LogP contribution in [0, 0.1) is 0 Å². The number of carbonyl (C=O) groups is 2. The number of nitrogens with one attached hydrogen (secondary N) is 1. The van der Waals surface area contributed by atoms with Crippen molar-refractivity contribution < 1.29 is 18.7 Å². The Morgan fingerprint density at radius 2 is 2.00 bits per heavy atom. The molecule has 1 aromatic heterocycles. The molecule has 0 bridgehead atoms. The van der Waals surface area contributed by atoms with Gasteiger partial charge >= 0.3 is 5.97 Å². The summed E-state index contributed by atoms with van der Waals surface area (Å²) in [6.07, 6.45) is 1.49. The van der Waals surface area contributed by atoms with Crippen LogP contribution < -0.4 is 5.32 Å². The SMILES string of the molecule is C[C@H](OC(=O)/C=C/c1nc2ccccc2o1)C(=O)Nc1ccc(Cl)cc1Cl. The monoisotopic (exact) mass is 404 g/mol. The van der Waals surface area contributed by atoms with Gasteiger partial charge in [-0.1, -0.05) is 35.3 Å². The van der Waals surface area contributed by atoms with E-state index in [1.807, 2.05) is 12.1 Å². The number of amides is 1. The highest BCUT2D eigenvalue weighted by Gasteiger charge is 2.18. The van der Waals surface area contributed by atoms with E-state index in [-0.39, 0.29) is 10.9 Å². The summed E-state index contributed by atoms with van der Waals surface area (Å²) in [4.78, 5) is 28.3. The number of carbonyl (C=O) groups excluding carboxylic acids is 2. The number of oxazole rings is 1. The van der Waals surface area contributed by atoms with Crippen LogP contribution in [0.5, 0.6) is 0 Å². The molecule has 0 fully saturated rings. The van der Waals surface area contributed by atoms with Gasteiger partial charge in [-0.2, -0.15) is 0 Å². The van der Waals surface area contributed by atoms with E-state index < -0.39 is 18.0 Å². The lowest BCUT2D eigenvalue weighted by molar-refractivity contribution is -0.148. The summed E-state index contributed by atoms with van der Waals surface area (Å²) in [5.74, 6) is -0.969. The third-order valence-corrected chi connectivity index (χ3v) is 4.07. The number of para-hydroxylation sites is 2. The molecule has 1 heterocycles. The van der Waals surface area contributed by atoms with Crippen LogP contribution in [0.4, 0.5) is 5.69 Å². The van der Waals surface area contributed by atoms with Crippen molar-refractivity contribution in [1.29, 1.82) is 0 Å². The molecule has 1 N–H and O–H groups in total. The number of rotatable bonds is 5. The average molecular weight is 405 g/mol. The molecule has 0 unspecified atom stereocenters. The maximum absolute atomic E-state index is 12.1. The highest BCUT2D eigenvalue weighted by Crippen LogP contribution is 2.25. The van der Waals surface area contributed by atoms with E-state index in [9.17, 15) is 9.59 Å². The molecule has 0 aliphatic rings. The minimum Gasteiger partial charge on any atom is -0.449 e. The van der Waals surface area contributed by atoms with E-state index in [2.05, 4.69) is 10.3 Å². The highest BCUT2D eigenvalue weighted by atomic mass is 35.5. The zero-order valence-corrected chi connectivity index (χ0v) is 15.6. The van der Waals surface area contributed by atoms with E-state index >= 15 is 0 Å². The van der Waals surface area contributed by atoms with Gasteiger partial charge in [0.05, 0.1) is 10.7 Å². The van der Waals surface area contributed by atoms with Gasteiger partial charge in [0.15, 0.2) is 11.7 Å². The Balaban J connectivity index is 1.58. The number of ether oxygens (including phenoxy) is 1. The molecule has 0 radical (unpaired) electrons. The first-order chi connectivity index (χ1) is 12.9. The second kappa shape index (κ2) is 8.24. The van der Waals surface area contributed by atoms with Gasteiger partial charge in [0, 0.05) is 17.2 Å². The van der Waals surface area contributed by atoms with Crippen LogP contribution in [0.3, 0.4) is 0 Å². The Bertz CT molecular complexity index is 996. The van der Waals surface area contributed by atoms with E-state index in [0.717, 1.165) is 6.08 Å². The summed E-state index contributed by atoms with van der Waals surface area (Å²) in [5, 5.41) is 3.30. The average Bonchev–Trinajstić information content (AvgIpc) is 3.05. The molecule has 3 aromatic rings. The molecular formula is C19H14Cl2N2O4. The summed E-state index contributed by atoms with van der Waals surface area (Å²) >= 11 is 11.8. The Labute approximate surface area is 164 Å². The van der Waals surface area contributed by atoms with Crippen LogP contribution in [0.25, 0.3) is 17.2 Å². The number of esters is 1. The fourth-order valence-corrected chi connectivity index (χ4v) is 2.65. The van der Waals surface area contributed by atoms with Gasteiger partial charge in [-0.15, -0.1) is 0 Å². The fourth-order valence-electron chi connectivity index (χ4n) is 2.19. The van der Waals surface area contributed by atoms with Crippen molar-refractivity contribution in [2.45, 2.75) is 13.0 Å². The fraction of sp³-hybridized carbons (Fsp3) is 0.105. The summed E-state index contributed by atoms with van der Waals surface area (Å²) in [5.41, 5.74) is 1.66. The van der Waals surface area contributed by atoms with E-state index in [1.165, 1.54) is 19.1 Å². The largest absolute Gasteiger partial charge is 0.449 e. The Kier molecular flexibility index (Phi) is 5.78. The lowest BCUT2D eigenvalue weighted by Gasteiger charge is -2.13. The van der Waals surface area contributed by atoms with Crippen molar-refractivity contribution in [2.24, 2.45) is 0 Å². The van der Waals surface area contributed by atoms with Gasteiger partial charge in [-0.25, -0.2) is 9.78 Å². The third-order valence-electron chi connectivity index (χ3n) is 3.52. The molecule has 0 saturated heterocycles. The molecule has 0 spiro atoms. The first kappa shape index (κ1) is 18.9. The summed E-state index contributed by atoms with van der Waals surface area (Å²) in [7, 11) is 0. The van der Waals surface area contributed by atoms with E-state index in [0.29, 0.717) is 21.8 Å². The number of aromatic nitrogens is 1. The first-order valence-corrected chi connectivity index (χ1v) is 8.68. The Morgan fingerprint density at radius 3 is 2.74 bits per heavy atom. The van der Waals surface area contributed by atoms with Crippen LogP contribution in [0.1, 0.15) is 12.8 Å². The van der Waals surface area contributed by atoms with Crippen molar-refractivity contribution in [3.05, 3.63) is 64.5 Å². The molecular weight excluding hydrogens is 391 g/mol. The zero-order valence-electron chi connectivity index (χ0n) is 14.1. The van der Waals surface area contributed by atoms with Crippen molar-refractivity contribution in [3.8, 4) is 0 Å². The number of anilines is 1. The number of hydrogen-bond donors (Lipinski definition) is 1.